The smallest absolute Gasteiger partial charge is 0.0474 e. The highest BCUT2D eigenvalue weighted by atomic mass is 127. The minimum Gasteiger partial charge on any atom is -0.387 e. The zero-order valence-corrected chi connectivity index (χ0v) is 9.23. The molecule has 10 heavy (non-hydrogen) atoms. The van der Waals surface area contributed by atoms with Gasteiger partial charge in [0.15, 0.2) is 0 Å². The Labute approximate surface area is 82.5 Å². The molecule has 0 saturated heterocycles. The number of anilines is 1. The van der Waals surface area contributed by atoms with Crippen LogP contribution in [0.3, 0.4) is 0 Å². The first-order chi connectivity index (χ1) is 4.74. The summed E-state index contributed by atoms with van der Waals surface area (Å²) in [4.78, 5) is 0. The Balaban J connectivity index is 3.07. The molecular weight excluding hydrogens is 305 g/mol. The standard InChI is InChI=1S/C7H7BrIN/c1-10-7-3-2-5(8)4-6(7)9/h2-4,10H,1H3. The Morgan fingerprint density at radius 1 is 1.50 bits per heavy atom. The molecule has 0 bridgehead atoms. The second kappa shape index (κ2) is 3.57. The Morgan fingerprint density at radius 2 is 2.20 bits per heavy atom. The van der Waals surface area contributed by atoms with Gasteiger partial charge in [0.2, 0.25) is 0 Å². The average Bonchev–Trinajstić information content (AvgIpc) is 1.88. The quantitative estimate of drug-likeness (QED) is 0.786. The summed E-state index contributed by atoms with van der Waals surface area (Å²) in [6.07, 6.45) is 0. The molecule has 1 aromatic carbocycles. The van der Waals surface area contributed by atoms with E-state index >= 15 is 0 Å². The number of nitrogens with one attached hydrogen (secondary N) is 1. The van der Waals surface area contributed by atoms with Crippen LogP contribution in [0.1, 0.15) is 0 Å². The summed E-state index contributed by atoms with van der Waals surface area (Å²) in [5, 5.41) is 3.09. The van der Waals surface area contributed by atoms with Gasteiger partial charge >= 0.3 is 0 Å². The van der Waals surface area contributed by atoms with Crippen LogP contribution >= 0.6 is 38.5 Å². The van der Waals surface area contributed by atoms with Crippen molar-refractivity contribution in [2.45, 2.75) is 0 Å². The highest BCUT2D eigenvalue weighted by Gasteiger charge is 1.95. The van der Waals surface area contributed by atoms with Gasteiger partial charge in [-0.15, -0.1) is 0 Å². The van der Waals surface area contributed by atoms with Crippen molar-refractivity contribution < 1.29 is 0 Å². The van der Waals surface area contributed by atoms with Crippen molar-refractivity contribution in [1.82, 2.24) is 0 Å². The van der Waals surface area contributed by atoms with E-state index < -0.39 is 0 Å². The van der Waals surface area contributed by atoms with E-state index in [2.05, 4.69) is 49.9 Å². The molecule has 0 spiro atoms. The van der Waals surface area contributed by atoms with E-state index in [-0.39, 0.29) is 0 Å². The topological polar surface area (TPSA) is 12.0 Å². The van der Waals surface area contributed by atoms with Crippen LogP contribution < -0.4 is 5.32 Å². The van der Waals surface area contributed by atoms with Crippen molar-refractivity contribution in [2.75, 3.05) is 12.4 Å². The average molecular weight is 312 g/mol. The number of rotatable bonds is 1. The van der Waals surface area contributed by atoms with E-state index in [0.717, 1.165) is 4.47 Å². The summed E-state index contributed by atoms with van der Waals surface area (Å²) in [6, 6.07) is 6.15. The van der Waals surface area contributed by atoms with Crippen molar-refractivity contribution in [3.8, 4) is 0 Å². The van der Waals surface area contributed by atoms with Crippen LogP contribution in [-0.2, 0) is 0 Å². The monoisotopic (exact) mass is 311 g/mol. The van der Waals surface area contributed by atoms with Gasteiger partial charge in [-0.3, -0.25) is 0 Å². The molecule has 54 valence electrons. The normalized spacial score (nSPS) is 9.50. The largest absolute Gasteiger partial charge is 0.387 e. The van der Waals surface area contributed by atoms with E-state index in [0.29, 0.717) is 0 Å². The summed E-state index contributed by atoms with van der Waals surface area (Å²) in [5.41, 5.74) is 1.17. The molecule has 1 aromatic rings. The van der Waals surface area contributed by atoms with Crippen molar-refractivity contribution in [3.63, 3.8) is 0 Å². The zero-order valence-electron chi connectivity index (χ0n) is 5.49. The SMILES string of the molecule is CNc1ccc(Br)cc1I. The second-order valence-corrected chi connectivity index (χ2v) is 3.95. The van der Waals surface area contributed by atoms with E-state index in [1.807, 2.05) is 19.2 Å². The predicted molar refractivity (Wildman–Crippen MR) is 56.4 cm³/mol. The maximum atomic E-state index is 3.39. The van der Waals surface area contributed by atoms with Crippen molar-refractivity contribution in [1.29, 1.82) is 0 Å². The third kappa shape index (κ3) is 1.85. The van der Waals surface area contributed by atoms with Gasteiger partial charge in [-0.05, 0) is 40.8 Å². The van der Waals surface area contributed by atoms with Crippen molar-refractivity contribution >= 4 is 44.2 Å². The minimum absolute atomic E-state index is 1.12. The summed E-state index contributed by atoms with van der Waals surface area (Å²) < 4.78 is 2.35. The first-order valence-corrected chi connectivity index (χ1v) is 4.74. The van der Waals surface area contributed by atoms with Crippen LogP contribution in [0.15, 0.2) is 22.7 Å². The van der Waals surface area contributed by atoms with Crippen molar-refractivity contribution in [3.05, 3.63) is 26.2 Å². The van der Waals surface area contributed by atoms with Crippen molar-refractivity contribution in [2.24, 2.45) is 0 Å². The van der Waals surface area contributed by atoms with Gasteiger partial charge in [0.1, 0.15) is 0 Å². The van der Waals surface area contributed by atoms with Crippen LogP contribution in [-0.4, -0.2) is 7.05 Å². The third-order valence-electron chi connectivity index (χ3n) is 1.20. The molecule has 0 fully saturated rings. The number of halogens is 2. The fraction of sp³-hybridized carbons (Fsp3) is 0.143. The molecule has 0 heterocycles. The lowest BCUT2D eigenvalue weighted by Gasteiger charge is -2.02. The van der Waals surface area contributed by atoms with Gasteiger partial charge in [-0.2, -0.15) is 0 Å². The third-order valence-corrected chi connectivity index (χ3v) is 2.59. The first kappa shape index (κ1) is 8.33. The fourth-order valence-electron chi connectivity index (χ4n) is 0.692. The minimum atomic E-state index is 1.12. The van der Waals surface area contributed by atoms with Crippen LogP contribution in [0.5, 0.6) is 0 Å². The molecule has 0 radical (unpaired) electrons. The Hall–Kier alpha value is 0.230. The summed E-state index contributed by atoms with van der Waals surface area (Å²) >= 11 is 5.69. The summed E-state index contributed by atoms with van der Waals surface area (Å²) in [7, 11) is 1.92. The first-order valence-electron chi connectivity index (χ1n) is 2.87. The van der Waals surface area contributed by atoms with Gasteiger partial charge in [-0.1, -0.05) is 15.9 Å². The van der Waals surface area contributed by atoms with E-state index in [4.69, 9.17) is 0 Å². The molecule has 1 rings (SSSR count). The number of hydrogen-bond donors (Lipinski definition) is 1. The van der Waals surface area contributed by atoms with Gasteiger partial charge in [0.05, 0.1) is 0 Å². The van der Waals surface area contributed by atoms with Gasteiger partial charge in [0, 0.05) is 20.8 Å². The number of hydrogen-bond acceptors (Lipinski definition) is 1. The zero-order chi connectivity index (χ0) is 7.56. The molecule has 0 unspecified atom stereocenters. The lowest BCUT2D eigenvalue weighted by Crippen LogP contribution is -1.89. The van der Waals surface area contributed by atoms with E-state index in [1.165, 1.54) is 9.26 Å². The molecule has 0 aliphatic heterocycles. The van der Waals surface area contributed by atoms with Gasteiger partial charge in [0.25, 0.3) is 0 Å². The Kier molecular flexibility index (Phi) is 2.97. The molecule has 0 saturated carbocycles. The molecule has 1 N–H and O–H groups in total. The number of benzene rings is 1. The lowest BCUT2D eigenvalue weighted by atomic mass is 10.3. The molecular formula is C7H7BrIN. The molecule has 3 heteroatoms. The molecule has 0 amide bonds. The molecule has 0 aromatic heterocycles. The molecule has 0 aliphatic rings. The van der Waals surface area contributed by atoms with Crippen LogP contribution in [0.2, 0.25) is 0 Å². The van der Waals surface area contributed by atoms with E-state index in [1.54, 1.807) is 0 Å². The maximum absolute atomic E-state index is 3.39. The van der Waals surface area contributed by atoms with Gasteiger partial charge in [-0.25, -0.2) is 0 Å². The van der Waals surface area contributed by atoms with E-state index in [9.17, 15) is 0 Å². The summed E-state index contributed by atoms with van der Waals surface area (Å²) in [5.74, 6) is 0. The predicted octanol–water partition coefficient (Wildman–Crippen LogP) is 3.10. The Morgan fingerprint density at radius 3 is 2.70 bits per heavy atom. The van der Waals surface area contributed by atoms with Gasteiger partial charge < -0.3 is 5.32 Å². The highest BCUT2D eigenvalue weighted by molar-refractivity contribution is 14.1. The molecule has 1 nitrogen and oxygen atoms in total. The highest BCUT2D eigenvalue weighted by Crippen LogP contribution is 2.21. The van der Waals surface area contributed by atoms with Crippen LogP contribution in [0, 0.1) is 3.57 Å². The molecule has 0 aliphatic carbocycles. The molecule has 0 atom stereocenters. The van der Waals surface area contributed by atoms with Crippen LogP contribution in [0.4, 0.5) is 5.69 Å². The second-order valence-electron chi connectivity index (χ2n) is 1.87. The fourth-order valence-corrected chi connectivity index (χ4v) is 2.27. The Bertz CT molecular complexity index is 237. The lowest BCUT2D eigenvalue weighted by molar-refractivity contribution is 1.47. The van der Waals surface area contributed by atoms with Crippen LogP contribution in [0.25, 0.3) is 0 Å². The maximum Gasteiger partial charge on any atom is 0.0474 e. The summed E-state index contributed by atoms with van der Waals surface area (Å²) in [6.45, 7) is 0.